The topological polar surface area (TPSA) is 54.0 Å². The molecule has 6 heteroatoms. The lowest BCUT2D eigenvalue weighted by Crippen LogP contribution is -2.32. The number of para-hydroxylation sites is 1. The van der Waals surface area contributed by atoms with Crippen molar-refractivity contribution in [3.63, 3.8) is 0 Å². The van der Waals surface area contributed by atoms with E-state index in [0.717, 1.165) is 22.4 Å². The molecule has 4 rings (SSSR count). The van der Waals surface area contributed by atoms with Crippen LogP contribution in [-0.2, 0) is 31.4 Å². The first kappa shape index (κ1) is 19.0. The molecule has 0 aliphatic carbocycles. The van der Waals surface area contributed by atoms with Crippen molar-refractivity contribution in [3.8, 4) is 5.75 Å². The van der Waals surface area contributed by atoms with Gasteiger partial charge in [-0.25, -0.2) is 0 Å². The first-order valence-corrected chi connectivity index (χ1v) is 9.54. The van der Waals surface area contributed by atoms with Gasteiger partial charge in [-0.15, -0.1) is 0 Å². The highest BCUT2D eigenvalue weighted by Gasteiger charge is 2.47. The number of carbonyl (C=O) groups is 1. The molecule has 0 spiro atoms. The van der Waals surface area contributed by atoms with E-state index in [1.54, 1.807) is 0 Å². The molecule has 28 heavy (non-hydrogen) atoms. The van der Waals surface area contributed by atoms with Crippen molar-refractivity contribution < 1.29 is 23.7 Å². The van der Waals surface area contributed by atoms with Crippen LogP contribution in [0, 0.1) is 0 Å². The molecule has 5 nitrogen and oxygen atoms in total. The van der Waals surface area contributed by atoms with Crippen molar-refractivity contribution in [2.75, 3.05) is 13.2 Å². The van der Waals surface area contributed by atoms with Crippen molar-refractivity contribution in [2.24, 2.45) is 0 Å². The summed E-state index contributed by atoms with van der Waals surface area (Å²) in [5.74, 6) is -0.361. The van der Waals surface area contributed by atoms with Gasteiger partial charge in [-0.05, 0) is 29.8 Å². The monoisotopic (exact) mass is 400 g/mol. The maximum Gasteiger partial charge on any atom is 0.302 e. The molecule has 2 bridgehead atoms. The van der Waals surface area contributed by atoms with Crippen LogP contribution < -0.4 is 4.74 Å². The number of hydrogen-bond acceptors (Lipinski definition) is 5. The van der Waals surface area contributed by atoms with Gasteiger partial charge in [0.15, 0.2) is 5.79 Å². The normalized spacial score (nSPS) is 23.2. The van der Waals surface area contributed by atoms with E-state index in [4.69, 9.17) is 30.5 Å². The van der Waals surface area contributed by atoms with E-state index in [1.807, 2.05) is 54.6 Å². The Morgan fingerprint density at radius 1 is 1.21 bits per heavy atom. The van der Waals surface area contributed by atoms with Crippen LogP contribution in [0.25, 0.3) is 0 Å². The van der Waals surface area contributed by atoms with Gasteiger partial charge in [0.05, 0.1) is 6.61 Å². The van der Waals surface area contributed by atoms with Crippen LogP contribution in [0.2, 0.25) is 5.02 Å². The Kier molecular flexibility index (Phi) is 5.40. The van der Waals surface area contributed by atoms with E-state index in [0.29, 0.717) is 24.7 Å². The molecule has 0 N–H and O–H groups in total. The Balaban J connectivity index is 1.51. The summed E-state index contributed by atoms with van der Waals surface area (Å²) >= 11 is 6.37. The second kappa shape index (κ2) is 7.95. The number of esters is 1. The van der Waals surface area contributed by atoms with Crippen LogP contribution in [0.3, 0.4) is 0 Å². The van der Waals surface area contributed by atoms with E-state index in [9.17, 15) is 4.79 Å². The molecule has 2 aliphatic rings. The molecular formula is C22H21ClO5. The fourth-order valence-corrected chi connectivity index (χ4v) is 3.57. The summed E-state index contributed by atoms with van der Waals surface area (Å²) in [5.41, 5.74) is 2.70. The van der Waals surface area contributed by atoms with Crippen molar-refractivity contribution >= 4 is 17.6 Å². The molecule has 0 radical (unpaired) electrons. The summed E-state index contributed by atoms with van der Waals surface area (Å²) in [6.45, 7) is 2.40. The molecule has 0 unspecified atom stereocenters. The quantitative estimate of drug-likeness (QED) is 0.532. The summed E-state index contributed by atoms with van der Waals surface area (Å²) in [6.07, 6.45) is 2.37. The number of carbonyl (C=O) groups excluding carboxylic acids is 1. The number of benzene rings is 2. The lowest BCUT2D eigenvalue weighted by molar-refractivity contribution is -0.176. The summed E-state index contributed by atoms with van der Waals surface area (Å²) in [4.78, 5) is 11.1. The largest absolute Gasteiger partial charge is 0.489 e. The third-order valence-corrected chi connectivity index (χ3v) is 5.28. The molecule has 2 atom stereocenters. The smallest absolute Gasteiger partial charge is 0.302 e. The van der Waals surface area contributed by atoms with Crippen molar-refractivity contribution in [1.29, 1.82) is 0 Å². The minimum absolute atomic E-state index is 0.215. The predicted molar refractivity (Wildman–Crippen MR) is 104 cm³/mol. The Bertz CT molecular complexity index is 895. The van der Waals surface area contributed by atoms with Crippen LogP contribution in [-0.4, -0.2) is 25.3 Å². The van der Waals surface area contributed by atoms with Crippen molar-refractivity contribution in [2.45, 2.75) is 31.8 Å². The molecular weight excluding hydrogens is 380 g/mol. The van der Waals surface area contributed by atoms with Gasteiger partial charge in [-0.3, -0.25) is 4.79 Å². The summed E-state index contributed by atoms with van der Waals surface area (Å²) in [5, 5.41) is 0.632. The molecule has 2 aromatic rings. The molecule has 1 saturated heterocycles. The SMILES string of the molecule is CC(=O)OCC1=CC[C@]2(c3ccc(Cl)c(COc4ccccc4)c3)OC[C@@H]1O2. The summed E-state index contributed by atoms with van der Waals surface area (Å²) in [7, 11) is 0. The average molecular weight is 401 g/mol. The Morgan fingerprint density at radius 2 is 2.04 bits per heavy atom. The van der Waals surface area contributed by atoms with E-state index in [-0.39, 0.29) is 18.7 Å². The number of hydrogen-bond donors (Lipinski definition) is 0. The van der Waals surface area contributed by atoms with Gasteiger partial charge < -0.3 is 18.9 Å². The highest BCUT2D eigenvalue weighted by atomic mass is 35.5. The molecule has 146 valence electrons. The number of halogens is 1. The van der Waals surface area contributed by atoms with Gasteiger partial charge in [0, 0.05) is 29.5 Å². The summed E-state index contributed by atoms with van der Waals surface area (Å²) < 4.78 is 23.2. The predicted octanol–water partition coefficient (Wildman–Crippen LogP) is 4.38. The van der Waals surface area contributed by atoms with Gasteiger partial charge in [0.2, 0.25) is 0 Å². The molecule has 2 aromatic carbocycles. The Morgan fingerprint density at radius 3 is 2.82 bits per heavy atom. The maximum atomic E-state index is 11.1. The lowest BCUT2D eigenvalue weighted by Gasteiger charge is -2.31. The van der Waals surface area contributed by atoms with E-state index in [1.165, 1.54) is 6.92 Å². The minimum atomic E-state index is -0.837. The first-order chi connectivity index (χ1) is 13.6. The van der Waals surface area contributed by atoms with Crippen LogP contribution in [0.4, 0.5) is 0 Å². The third kappa shape index (κ3) is 3.92. The van der Waals surface area contributed by atoms with E-state index >= 15 is 0 Å². The second-order valence-corrected chi connectivity index (χ2v) is 7.25. The maximum absolute atomic E-state index is 11.1. The van der Waals surface area contributed by atoms with Gasteiger partial charge in [0.25, 0.3) is 0 Å². The van der Waals surface area contributed by atoms with Crippen LogP contribution >= 0.6 is 11.6 Å². The van der Waals surface area contributed by atoms with Crippen molar-refractivity contribution in [3.05, 3.63) is 76.3 Å². The van der Waals surface area contributed by atoms with Crippen molar-refractivity contribution in [1.82, 2.24) is 0 Å². The molecule has 0 aromatic heterocycles. The van der Waals surface area contributed by atoms with E-state index < -0.39 is 5.79 Å². The Hall–Kier alpha value is -2.34. The zero-order valence-corrected chi connectivity index (χ0v) is 16.3. The van der Waals surface area contributed by atoms with E-state index in [2.05, 4.69) is 0 Å². The third-order valence-electron chi connectivity index (χ3n) is 4.91. The molecule has 0 amide bonds. The minimum Gasteiger partial charge on any atom is -0.489 e. The van der Waals surface area contributed by atoms with Gasteiger partial charge in [-0.2, -0.15) is 0 Å². The standard InChI is InChI=1S/C22H21ClO5/c1-15(24)25-12-16-9-10-22(27-14-21(16)28-22)18-7-8-20(23)17(11-18)13-26-19-5-3-2-4-6-19/h2-9,11,21H,10,12-14H2,1H3/t21-,22-/m0/s1. The number of rotatable bonds is 6. The highest BCUT2D eigenvalue weighted by molar-refractivity contribution is 6.31. The van der Waals surface area contributed by atoms with Gasteiger partial charge >= 0.3 is 5.97 Å². The Labute approximate surface area is 168 Å². The fourth-order valence-electron chi connectivity index (χ4n) is 3.40. The zero-order valence-electron chi connectivity index (χ0n) is 15.5. The molecule has 0 saturated carbocycles. The van der Waals surface area contributed by atoms with Crippen LogP contribution in [0.5, 0.6) is 5.75 Å². The molecule has 2 heterocycles. The van der Waals surface area contributed by atoms with Crippen LogP contribution in [0.1, 0.15) is 24.5 Å². The second-order valence-electron chi connectivity index (χ2n) is 6.84. The summed E-state index contributed by atoms with van der Waals surface area (Å²) in [6, 6.07) is 15.3. The van der Waals surface area contributed by atoms with Crippen LogP contribution in [0.15, 0.2) is 60.2 Å². The highest BCUT2D eigenvalue weighted by Crippen LogP contribution is 2.44. The number of ether oxygens (including phenoxy) is 4. The fraction of sp³-hybridized carbons (Fsp3) is 0.318. The first-order valence-electron chi connectivity index (χ1n) is 9.16. The average Bonchev–Trinajstić information content (AvgIpc) is 3.06. The number of fused-ring (bicyclic) bond motifs is 2. The van der Waals surface area contributed by atoms with Gasteiger partial charge in [0.1, 0.15) is 25.1 Å². The zero-order chi connectivity index (χ0) is 19.6. The molecule has 1 fully saturated rings. The molecule has 2 aliphatic heterocycles. The van der Waals surface area contributed by atoms with Gasteiger partial charge in [-0.1, -0.05) is 41.9 Å². The lowest BCUT2D eigenvalue weighted by atomic mass is 9.96.